The van der Waals surface area contributed by atoms with Gasteiger partial charge in [-0.15, -0.1) is 0 Å². The zero-order valence-electron chi connectivity index (χ0n) is 17.6. The van der Waals surface area contributed by atoms with Gasteiger partial charge in [0, 0.05) is 30.5 Å². The van der Waals surface area contributed by atoms with Crippen molar-refractivity contribution in [2.24, 2.45) is 10.9 Å². The maximum Gasteiger partial charge on any atom is 0.223 e. The van der Waals surface area contributed by atoms with E-state index in [-0.39, 0.29) is 29.3 Å². The molecule has 1 saturated carbocycles. The number of hydrogen-bond donors (Lipinski definition) is 3. The van der Waals surface area contributed by atoms with Crippen molar-refractivity contribution in [2.75, 3.05) is 7.05 Å². The summed E-state index contributed by atoms with van der Waals surface area (Å²) in [6.07, 6.45) is 5.65. The van der Waals surface area contributed by atoms with Gasteiger partial charge in [0.15, 0.2) is 5.96 Å². The van der Waals surface area contributed by atoms with E-state index in [1.165, 1.54) is 0 Å². The predicted octanol–water partition coefficient (Wildman–Crippen LogP) is 2.72. The van der Waals surface area contributed by atoms with Crippen LogP contribution in [0.15, 0.2) is 15.6 Å². The average molecular weight is 378 g/mol. The molecule has 1 fully saturated rings. The van der Waals surface area contributed by atoms with Gasteiger partial charge in [-0.25, -0.2) is 4.98 Å². The van der Waals surface area contributed by atoms with Gasteiger partial charge in [0.1, 0.15) is 5.76 Å². The van der Waals surface area contributed by atoms with Crippen molar-refractivity contribution in [3.05, 3.63) is 17.8 Å². The fourth-order valence-electron chi connectivity index (χ4n) is 3.25. The van der Waals surface area contributed by atoms with Crippen LogP contribution in [-0.4, -0.2) is 36.0 Å². The normalized spacial score (nSPS) is 21.2. The molecule has 0 spiro atoms. The Hall–Kier alpha value is -2.05. The molecule has 1 heterocycles. The molecular weight excluding hydrogens is 342 g/mol. The van der Waals surface area contributed by atoms with Crippen molar-refractivity contribution < 1.29 is 9.21 Å². The third-order valence-electron chi connectivity index (χ3n) is 4.74. The molecule has 27 heavy (non-hydrogen) atoms. The first kappa shape index (κ1) is 21.3. The molecule has 0 saturated heterocycles. The smallest absolute Gasteiger partial charge is 0.223 e. The molecule has 2 unspecified atom stereocenters. The molecule has 3 N–H and O–H groups in total. The second-order valence-corrected chi connectivity index (χ2v) is 8.66. The fourth-order valence-corrected chi connectivity index (χ4v) is 3.25. The second kappa shape index (κ2) is 9.24. The molecule has 1 aliphatic carbocycles. The highest BCUT2D eigenvalue weighted by Crippen LogP contribution is 2.25. The third-order valence-corrected chi connectivity index (χ3v) is 4.74. The Labute approximate surface area is 162 Å². The summed E-state index contributed by atoms with van der Waals surface area (Å²) in [6, 6.07) is 0.418. The first-order valence-electron chi connectivity index (χ1n) is 9.91. The van der Waals surface area contributed by atoms with Gasteiger partial charge in [-0.3, -0.25) is 9.79 Å². The van der Waals surface area contributed by atoms with E-state index in [1.807, 2.05) is 13.8 Å². The highest BCUT2D eigenvalue weighted by molar-refractivity contribution is 5.81. The van der Waals surface area contributed by atoms with Gasteiger partial charge >= 0.3 is 0 Å². The summed E-state index contributed by atoms with van der Waals surface area (Å²) in [7, 11) is 1.75. The molecule has 7 nitrogen and oxygen atoms in total. The van der Waals surface area contributed by atoms with Gasteiger partial charge < -0.3 is 20.4 Å². The molecule has 7 heteroatoms. The van der Waals surface area contributed by atoms with E-state index >= 15 is 0 Å². The van der Waals surface area contributed by atoms with Crippen molar-refractivity contribution in [1.82, 2.24) is 20.9 Å². The first-order valence-corrected chi connectivity index (χ1v) is 9.91. The Morgan fingerprint density at radius 3 is 2.70 bits per heavy atom. The van der Waals surface area contributed by atoms with E-state index in [0.717, 1.165) is 31.4 Å². The molecule has 0 bridgehead atoms. The number of carbonyl (C=O) groups excluding carboxylic acids is 1. The first-order chi connectivity index (χ1) is 12.7. The topological polar surface area (TPSA) is 91.6 Å². The Bertz CT molecular complexity index is 645. The Morgan fingerprint density at radius 1 is 1.37 bits per heavy atom. The van der Waals surface area contributed by atoms with Crippen molar-refractivity contribution in [3.8, 4) is 0 Å². The number of rotatable bonds is 5. The lowest BCUT2D eigenvalue weighted by molar-refractivity contribution is -0.126. The van der Waals surface area contributed by atoms with Crippen molar-refractivity contribution in [2.45, 2.75) is 84.3 Å². The minimum absolute atomic E-state index is 0.0567. The van der Waals surface area contributed by atoms with Gasteiger partial charge in [0.25, 0.3) is 0 Å². The van der Waals surface area contributed by atoms with Crippen LogP contribution >= 0.6 is 0 Å². The standard InChI is InChI=1S/C20H35N5O2/c1-13(2)24-18(26)14-8-7-9-15(10-14)25-19(21-6)23-12-17-22-11-16(27-17)20(3,4)5/h11,13-15H,7-10,12H2,1-6H3,(H,24,26)(H2,21,23,25). The number of nitrogens with one attached hydrogen (secondary N) is 3. The van der Waals surface area contributed by atoms with Gasteiger partial charge in [0.2, 0.25) is 11.8 Å². The molecule has 2 atom stereocenters. The van der Waals surface area contributed by atoms with E-state index < -0.39 is 0 Å². The lowest BCUT2D eigenvalue weighted by atomic mass is 9.85. The Kier molecular flexibility index (Phi) is 7.27. The van der Waals surface area contributed by atoms with Crippen LogP contribution in [0.4, 0.5) is 0 Å². The zero-order chi connectivity index (χ0) is 20.0. The quantitative estimate of drug-likeness (QED) is 0.542. The van der Waals surface area contributed by atoms with Crippen LogP contribution < -0.4 is 16.0 Å². The van der Waals surface area contributed by atoms with E-state index in [9.17, 15) is 4.79 Å². The number of amides is 1. The summed E-state index contributed by atoms with van der Waals surface area (Å²) >= 11 is 0. The van der Waals surface area contributed by atoms with Crippen molar-refractivity contribution in [3.63, 3.8) is 0 Å². The number of carbonyl (C=O) groups is 1. The summed E-state index contributed by atoms with van der Waals surface area (Å²) in [6.45, 7) is 10.8. The lowest BCUT2D eigenvalue weighted by Gasteiger charge is -2.30. The van der Waals surface area contributed by atoms with E-state index in [0.29, 0.717) is 18.4 Å². The number of guanidine groups is 1. The highest BCUT2D eigenvalue weighted by Gasteiger charge is 2.28. The fraction of sp³-hybridized carbons (Fsp3) is 0.750. The van der Waals surface area contributed by atoms with Gasteiger partial charge in [0.05, 0.1) is 12.7 Å². The Balaban J connectivity index is 1.85. The molecule has 0 radical (unpaired) electrons. The molecule has 1 aromatic rings. The summed E-state index contributed by atoms with van der Waals surface area (Å²) in [4.78, 5) is 20.9. The average Bonchev–Trinajstić information content (AvgIpc) is 3.07. The number of aromatic nitrogens is 1. The van der Waals surface area contributed by atoms with Crippen LogP contribution in [0.2, 0.25) is 0 Å². The van der Waals surface area contributed by atoms with Crippen LogP contribution in [-0.2, 0) is 16.8 Å². The minimum Gasteiger partial charge on any atom is -0.443 e. The summed E-state index contributed by atoms with van der Waals surface area (Å²) in [5, 5.41) is 9.72. The second-order valence-electron chi connectivity index (χ2n) is 8.66. The van der Waals surface area contributed by atoms with Gasteiger partial charge in [-0.2, -0.15) is 0 Å². The highest BCUT2D eigenvalue weighted by atomic mass is 16.4. The van der Waals surface area contributed by atoms with Crippen molar-refractivity contribution in [1.29, 1.82) is 0 Å². The molecule has 152 valence electrons. The van der Waals surface area contributed by atoms with Crippen molar-refractivity contribution >= 4 is 11.9 Å². The van der Waals surface area contributed by atoms with E-state index in [1.54, 1.807) is 13.2 Å². The summed E-state index contributed by atoms with van der Waals surface area (Å²) in [5.41, 5.74) is -0.0567. The molecular formula is C20H35N5O2. The maximum absolute atomic E-state index is 12.3. The number of oxazole rings is 1. The lowest BCUT2D eigenvalue weighted by Crippen LogP contribution is -2.47. The summed E-state index contributed by atoms with van der Waals surface area (Å²) in [5.74, 6) is 2.45. The monoisotopic (exact) mass is 377 g/mol. The molecule has 2 rings (SSSR count). The minimum atomic E-state index is -0.0567. The molecule has 1 aromatic heterocycles. The van der Waals surface area contributed by atoms with Crippen LogP contribution in [0, 0.1) is 5.92 Å². The number of nitrogens with zero attached hydrogens (tertiary/aromatic N) is 2. The number of aliphatic imine (C=N–C) groups is 1. The molecule has 1 amide bonds. The predicted molar refractivity (Wildman–Crippen MR) is 108 cm³/mol. The molecule has 1 aliphatic rings. The van der Waals surface area contributed by atoms with Crippen LogP contribution in [0.25, 0.3) is 0 Å². The van der Waals surface area contributed by atoms with Gasteiger partial charge in [-0.1, -0.05) is 27.2 Å². The largest absolute Gasteiger partial charge is 0.443 e. The number of hydrogen-bond acceptors (Lipinski definition) is 4. The van der Waals surface area contributed by atoms with E-state index in [2.05, 4.69) is 46.7 Å². The Morgan fingerprint density at radius 2 is 2.11 bits per heavy atom. The summed E-state index contributed by atoms with van der Waals surface area (Å²) < 4.78 is 5.81. The van der Waals surface area contributed by atoms with Crippen LogP contribution in [0.1, 0.15) is 72.0 Å². The zero-order valence-corrected chi connectivity index (χ0v) is 17.6. The molecule has 0 aromatic carbocycles. The maximum atomic E-state index is 12.3. The third kappa shape index (κ3) is 6.56. The van der Waals surface area contributed by atoms with Gasteiger partial charge in [-0.05, 0) is 33.1 Å². The van der Waals surface area contributed by atoms with E-state index in [4.69, 9.17) is 4.42 Å². The SMILES string of the molecule is CN=C(NCc1ncc(C(C)(C)C)o1)NC1CCCC(C(=O)NC(C)C)C1. The van der Waals surface area contributed by atoms with Crippen LogP contribution in [0.3, 0.4) is 0 Å². The molecule has 0 aliphatic heterocycles. The van der Waals surface area contributed by atoms with Crippen LogP contribution in [0.5, 0.6) is 0 Å².